The van der Waals surface area contributed by atoms with Gasteiger partial charge in [0.15, 0.2) is 0 Å². The lowest BCUT2D eigenvalue weighted by Crippen LogP contribution is -2.20. The first-order valence-corrected chi connectivity index (χ1v) is 12.0. The molecule has 0 atom stereocenters. The first-order chi connectivity index (χ1) is 17.5. The second kappa shape index (κ2) is 16.1. The standard InChI is InChI=1S/C13H16N2O.C12H17NO.2CO2/c1-10-14-12-4-2-3-5-13(12)15(10)11-6-8-16-9-7-11;13-12-4-2-1-3-11(12)9-10-5-7-14-8-6-10;2*2-1-3/h2-5,11H,6-9H2,1H3;1-4,10H,5-9,13H2;;. The number of imidazole rings is 1. The Kier molecular flexibility index (Phi) is 12.8. The van der Waals surface area contributed by atoms with E-state index in [1.165, 1.54) is 23.9 Å². The minimum absolute atomic E-state index is 0.250. The Morgan fingerprint density at radius 1 is 0.861 bits per heavy atom. The minimum Gasteiger partial charge on any atom is -0.399 e. The molecule has 0 unspecified atom stereocenters. The zero-order chi connectivity index (χ0) is 26.2. The number of carbonyl (C=O) groups excluding carboxylic acids is 4. The average Bonchev–Trinajstić information content (AvgIpc) is 3.24. The fourth-order valence-electron chi connectivity index (χ4n) is 4.55. The highest BCUT2D eigenvalue weighted by molar-refractivity contribution is 5.76. The van der Waals surface area contributed by atoms with Crippen molar-refractivity contribution in [1.29, 1.82) is 0 Å². The number of nitrogens with two attached hydrogens (primary N) is 1. The van der Waals surface area contributed by atoms with Gasteiger partial charge in [-0.05, 0) is 68.7 Å². The van der Waals surface area contributed by atoms with Crippen molar-refractivity contribution in [3.63, 3.8) is 0 Å². The van der Waals surface area contributed by atoms with E-state index in [1.807, 2.05) is 18.2 Å². The molecule has 2 fully saturated rings. The van der Waals surface area contributed by atoms with Gasteiger partial charge in [0, 0.05) is 38.2 Å². The maximum atomic E-state index is 8.12. The fraction of sp³-hybridized carbons (Fsp3) is 0.444. The SMILES string of the molecule is Cc1nc2ccccc2n1C1CCOCC1.Nc1ccccc1CC1CCOCC1.O=C=O.O=C=O. The highest BCUT2D eigenvalue weighted by atomic mass is 16.5. The Hall–Kier alpha value is -3.61. The molecule has 36 heavy (non-hydrogen) atoms. The van der Waals surface area contributed by atoms with E-state index in [9.17, 15) is 0 Å². The summed E-state index contributed by atoms with van der Waals surface area (Å²) in [6.07, 6.45) is 6.15. The van der Waals surface area contributed by atoms with Gasteiger partial charge in [-0.15, -0.1) is 0 Å². The van der Waals surface area contributed by atoms with Crippen molar-refractivity contribution >= 4 is 29.0 Å². The van der Waals surface area contributed by atoms with Crippen molar-refractivity contribution in [2.75, 3.05) is 32.2 Å². The summed E-state index contributed by atoms with van der Waals surface area (Å²) in [6.45, 7) is 5.66. The highest BCUT2D eigenvalue weighted by Gasteiger charge is 2.19. The molecular formula is C27H33N3O6. The number of aryl methyl sites for hydroxylation is 1. The summed E-state index contributed by atoms with van der Waals surface area (Å²) in [6, 6.07) is 17.1. The number of benzene rings is 2. The van der Waals surface area contributed by atoms with Crippen LogP contribution in [0.25, 0.3) is 11.0 Å². The molecule has 0 amide bonds. The number of hydrogen-bond donors (Lipinski definition) is 1. The molecule has 2 aliphatic heterocycles. The van der Waals surface area contributed by atoms with Crippen LogP contribution in [0.3, 0.4) is 0 Å². The predicted molar refractivity (Wildman–Crippen MR) is 132 cm³/mol. The zero-order valence-electron chi connectivity index (χ0n) is 20.6. The van der Waals surface area contributed by atoms with Crippen molar-refractivity contribution in [2.45, 2.75) is 45.1 Å². The second-order valence-corrected chi connectivity index (χ2v) is 8.49. The summed E-state index contributed by atoms with van der Waals surface area (Å²) in [4.78, 5) is 37.1. The number of hydrogen-bond acceptors (Lipinski definition) is 8. The topological polar surface area (TPSA) is 131 Å². The number of aromatic nitrogens is 2. The van der Waals surface area contributed by atoms with Gasteiger partial charge in [0.05, 0.1) is 11.0 Å². The molecule has 5 rings (SSSR count). The summed E-state index contributed by atoms with van der Waals surface area (Å²) in [5.74, 6) is 1.88. The van der Waals surface area contributed by atoms with Crippen LogP contribution in [-0.4, -0.2) is 48.3 Å². The van der Waals surface area contributed by atoms with Gasteiger partial charge < -0.3 is 19.8 Å². The van der Waals surface area contributed by atoms with Gasteiger partial charge in [0.1, 0.15) is 5.82 Å². The summed E-state index contributed by atoms with van der Waals surface area (Å²) in [7, 11) is 0. The van der Waals surface area contributed by atoms with Crippen molar-refractivity contribution < 1.29 is 28.7 Å². The predicted octanol–water partition coefficient (Wildman–Crippen LogP) is 3.77. The van der Waals surface area contributed by atoms with Crippen molar-refractivity contribution in [1.82, 2.24) is 9.55 Å². The second-order valence-electron chi connectivity index (χ2n) is 8.49. The maximum absolute atomic E-state index is 8.12. The van der Waals surface area contributed by atoms with Crippen molar-refractivity contribution in [3.8, 4) is 0 Å². The third-order valence-corrected chi connectivity index (χ3v) is 6.23. The Labute approximate surface area is 210 Å². The first kappa shape index (κ1) is 28.6. The molecule has 2 N–H and O–H groups in total. The molecule has 3 heterocycles. The number of nitrogen functional groups attached to an aromatic ring is 1. The van der Waals surface area contributed by atoms with Crippen molar-refractivity contribution in [2.24, 2.45) is 5.92 Å². The number of fused-ring (bicyclic) bond motifs is 1. The van der Waals surface area contributed by atoms with Gasteiger partial charge in [0.25, 0.3) is 0 Å². The van der Waals surface area contributed by atoms with Crippen LogP contribution >= 0.6 is 0 Å². The van der Waals surface area contributed by atoms with Crippen LogP contribution in [0.15, 0.2) is 48.5 Å². The molecule has 2 saturated heterocycles. The molecule has 9 heteroatoms. The van der Waals surface area contributed by atoms with Crippen LogP contribution < -0.4 is 5.73 Å². The van der Waals surface area contributed by atoms with Gasteiger partial charge in [0.2, 0.25) is 0 Å². The van der Waals surface area contributed by atoms with E-state index in [0.717, 1.165) is 68.6 Å². The van der Waals surface area contributed by atoms with Crippen molar-refractivity contribution in [3.05, 3.63) is 59.9 Å². The Bertz CT molecular complexity index is 1110. The average molecular weight is 496 g/mol. The summed E-state index contributed by atoms with van der Waals surface area (Å²) < 4.78 is 13.1. The number of para-hydroxylation sites is 3. The molecular weight excluding hydrogens is 462 g/mol. The molecule has 0 radical (unpaired) electrons. The zero-order valence-corrected chi connectivity index (χ0v) is 20.6. The van der Waals surface area contributed by atoms with Gasteiger partial charge in [-0.3, -0.25) is 0 Å². The lowest BCUT2D eigenvalue weighted by Gasteiger charge is -2.25. The normalized spacial score (nSPS) is 15.6. The lowest BCUT2D eigenvalue weighted by atomic mass is 9.92. The van der Waals surface area contributed by atoms with E-state index in [2.05, 4.69) is 46.8 Å². The Morgan fingerprint density at radius 3 is 2.00 bits per heavy atom. The van der Waals surface area contributed by atoms with E-state index in [0.29, 0.717) is 6.04 Å². The van der Waals surface area contributed by atoms with E-state index in [4.69, 9.17) is 34.4 Å². The largest absolute Gasteiger partial charge is 0.399 e. The van der Waals surface area contributed by atoms with Crippen LogP contribution in [0.5, 0.6) is 0 Å². The minimum atomic E-state index is 0.250. The number of anilines is 1. The summed E-state index contributed by atoms with van der Waals surface area (Å²) in [5.41, 5.74) is 10.5. The van der Waals surface area contributed by atoms with E-state index in [-0.39, 0.29) is 12.3 Å². The smallest absolute Gasteiger partial charge is 0.373 e. The number of rotatable bonds is 3. The molecule has 1 aromatic heterocycles. The molecule has 3 aromatic rings. The number of nitrogens with zero attached hydrogens (tertiary/aromatic N) is 2. The monoisotopic (exact) mass is 495 g/mol. The first-order valence-electron chi connectivity index (χ1n) is 12.0. The lowest BCUT2D eigenvalue weighted by molar-refractivity contribution is -0.193. The fourth-order valence-corrected chi connectivity index (χ4v) is 4.55. The van der Waals surface area contributed by atoms with Gasteiger partial charge in [-0.25, -0.2) is 4.98 Å². The molecule has 0 saturated carbocycles. The summed E-state index contributed by atoms with van der Waals surface area (Å²) >= 11 is 0. The molecule has 0 spiro atoms. The highest BCUT2D eigenvalue weighted by Crippen LogP contribution is 2.27. The van der Waals surface area contributed by atoms with Crippen LogP contribution in [0.1, 0.15) is 43.1 Å². The van der Waals surface area contributed by atoms with E-state index < -0.39 is 0 Å². The maximum Gasteiger partial charge on any atom is 0.373 e. The van der Waals surface area contributed by atoms with E-state index in [1.54, 1.807) is 0 Å². The molecule has 0 aliphatic carbocycles. The van der Waals surface area contributed by atoms with Crippen LogP contribution in [0.2, 0.25) is 0 Å². The third kappa shape index (κ3) is 8.87. The Morgan fingerprint density at radius 2 is 1.39 bits per heavy atom. The molecule has 2 aliphatic rings. The Balaban J connectivity index is 0.000000210. The molecule has 192 valence electrons. The van der Waals surface area contributed by atoms with Gasteiger partial charge in [-0.1, -0.05) is 30.3 Å². The quantitative estimate of drug-likeness (QED) is 0.544. The molecule has 9 nitrogen and oxygen atoms in total. The number of ether oxygens (including phenoxy) is 2. The third-order valence-electron chi connectivity index (χ3n) is 6.23. The molecule has 2 aromatic carbocycles. The van der Waals surface area contributed by atoms with Crippen LogP contribution in [0, 0.1) is 12.8 Å². The van der Waals surface area contributed by atoms with Gasteiger partial charge in [-0.2, -0.15) is 19.2 Å². The van der Waals surface area contributed by atoms with Crippen LogP contribution in [0.4, 0.5) is 5.69 Å². The van der Waals surface area contributed by atoms with E-state index >= 15 is 0 Å². The summed E-state index contributed by atoms with van der Waals surface area (Å²) in [5, 5.41) is 0. The van der Waals surface area contributed by atoms with Crippen LogP contribution in [-0.2, 0) is 35.1 Å². The molecule has 0 bridgehead atoms. The van der Waals surface area contributed by atoms with Gasteiger partial charge >= 0.3 is 12.3 Å².